The van der Waals surface area contributed by atoms with Crippen molar-refractivity contribution in [2.75, 3.05) is 13.1 Å². The minimum Gasteiger partial charge on any atom is -0.467 e. The Morgan fingerprint density at radius 2 is 1.96 bits per heavy atom. The van der Waals surface area contributed by atoms with Gasteiger partial charge in [-0.2, -0.15) is 0 Å². The van der Waals surface area contributed by atoms with Crippen molar-refractivity contribution in [1.29, 1.82) is 0 Å². The molecule has 0 saturated carbocycles. The molecule has 0 unspecified atom stereocenters. The van der Waals surface area contributed by atoms with Gasteiger partial charge in [0.15, 0.2) is 0 Å². The summed E-state index contributed by atoms with van der Waals surface area (Å²) in [5.74, 6) is 0.844. The molecule has 3 aromatic rings. The predicted molar refractivity (Wildman–Crippen MR) is 108 cm³/mol. The van der Waals surface area contributed by atoms with Gasteiger partial charge in [0.2, 0.25) is 0 Å². The van der Waals surface area contributed by atoms with Crippen LogP contribution in [0.3, 0.4) is 0 Å². The second-order valence-electron chi connectivity index (χ2n) is 7.00. The number of furan rings is 1. The number of carbonyl (C=O) groups excluding carboxylic acids is 1. The minimum atomic E-state index is 0.0445. The summed E-state index contributed by atoms with van der Waals surface area (Å²) >= 11 is 1.67. The van der Waals surface area contributed by atoms with E-state index in [1.54, 1.807) is 17.6 Å². The first kappa shape index (κ1) is 18.0. The molecule has 1 saturated heterocycles. The highest BCUT2D eigenvalue weighted by atomic mass is 32.1. The Hall–Kier alpha value is -2.37. The molecule has 140 valence electrons. The Kier molecular flexibility index (Phi) is 5.70. The Balaban J connectivity index is 1.52. The van der Waals surface area contributed by atoms with E-state index in [-0.39, 0.29) is 5.91 Å². The first-order chi connectivity index (χ1) is 13.3. The first-order valence-electron chi connectivity index (χ1n) is 9.43. The maximum atomic E-state index is 13.3. The van der Waals surface area contributed by atoms with Crippen LogP contribution in [0.25, 0.3) is 0 Å². The fourth-order valence-corrected chi connectivity index (χ4v) is 4.28. The number of thiophene rings is 1. The summed E-state index contributed by atoms with van der Waals surface area (Å²) in [7, 11) is 0. The van der Waals surface area contributed by atoms with Gasteiger partial charge in [-0.05, 0) is 67.2 Å². The SMILES string of the molecule is O=C(c1cccc(CN2CCCC2)c1)N(Cc1ccco1)Cc1cccs1. The van der Waals surface area contributed by atoms with E-state index in [1.807, 2.05) is 46.7 Å². The molecule has 4 nitrogen and oxygen atoms in total. The molecule has 1 amide bonds. The van der Waals surface area contributed by atoms with E-state index in [2.05, 4.69) is 17.0 Å². The van der Waals surface area contributed by atoms with Crippen LogP contribution in [0.5, 0.6) is 0 Å². The number of carbonyl (C=O) groups is 1. The maximum Gasteiger partial charge on any atom is 0.254 e. The van der Waals surface area contributed by atoms with E-state index in [0.717, 1.165) is 31.0 Å². The van der Waals surface area contributed by atoms with Crippen molar-refractivity contribution < 1.29 is 9.21 Å². The Labute approximate surface area is 164 Å². The van der Waals surface area contributed by atoms with Crippen LogP contribution >= 0.6 is 11.3 Å². The number of amides is 1. The van der Waals surface area contributed by atoms with Crippen LogP contribution in [-0.2, 0) is 19.6 Å². The van der Waals surface area contributed by atoms with Crippen molar-refractivity contribution in [3.05, 3.63) is 81.9 Å². The molecule has 2 aromatic heterocycles. The summed E-state index contributed by atoms with van der Waals surface area (Å²) in [6, 6.07) is 15.9. The first-order valence-corrected chi connectivity index (χ1v) is 10.3. The van der Waals surface area contributed by atoms with Crippen LogP contribution in [0.2, 0.25) is 0 Å². The number of hydrogen-bond donors (Lipinski definition) is 0. The Morgan fingerprint density at radius 3 is 2.70 bits per heavy atom. The van der Waals surface area contributed by atoms with Crippen molar-refractivity contribution in [3.8, 4) is 0 Å². The summed E-state index contributed by atoms with van der Waals surface area (Å²) in [5, 5.41) is 2.04. The van der Waals surface area contributed by atoms with E-state index < -0.39 is 0 Å². The fourth-order valence-electron chi connectivity index (χ4n) is 3.57. The zero-order chi connectivity index (χ0) is 18.5. The van der Waals surface area contributed by atoms with Crippen LogP contribution in [0.4, 0.5) is 0 Å². The van der Waals surface area contributed by atoms with Crippen LogP contribution in [0.15, 0.2) is 64.6 Å². The van der Waals surface area contributed by atoms with E-state index in [9.17, 15) is 4.79 Å². The largest absolute Gasteiger partial charge is 0.467 e. The lowest BCUT2D eigenvalue weighted by Crippen LogP contribution is -2.30. The molecule has 1 aromatic carbocycles. The normalized spacial score (nSPS) is 14.5. The van der Waals surface area contributed by atoms with Gasteiger partial charge in [-0.25, -0.2) is 0 Å². The van der Waals surface area contributed by atoms with Gasteiger partial charge in [-0.1, -0.05) is 18.2 Å². The average molecular weight is 381 g/mol. The van der Waals surface area contributed by atoms with Crippen molar-refractivity contribution in [3.63, 3.8) is 0 Å². The smallest absolute Gasteiger partial charge is 0.254 e. The van der Waals surface area contributed by atoms with Crippen molar-refractivity contribution in [2.24, 2.45) is 0 Å². The average Bonchev–Trinajstić information content (AvgIpc) is 3.45. The minimum absolute atomic E-state index is 0.0445. The molecule has 27 heavy (non-hydrogen) atoms. The third kappa shape index (κ3) is 4.67. The van der Waals surface area contributed by atoms with Crippen LogP contribution < -0.4 is 0 Å². The predicted octanol–water partition coefficient (Wildman–Crippen LogP) is 4.78. The lowest BCUT2D eigenvalue weighted by Gasteiger charge is -2.22. The highest BCUT2D eigenvalue weighted by Gasteiger charge is 2.19. The van der Waals surface area contributed by atoms with Gasteiger partial charge in [0.05, 0.1) is 19.4 Å². The number of hydrogen-bond acceptors (Lipinski definition) is 4. The third-order valence-electron chi connectivity index (χ3n) is 4.92. The molecule has 0 spiro atoms. The van der Waals surface area contributed by atoms with Gasteiger partial charge in [-0.3, -0.25) is 9.69 Å². The van der Waals surface area contributed by atoms with Gasteiger partial charge >= 0.3 is 0 Å². The molecule has 3 heterocycles. The lowest BCUT2D eigenvalue weighted by molar-refractivity contribution is 0.0719. The molecule has 5 heteroatoms. The van der Waals surface area contributed by atoms with E-state index >= 15 is 0 Å². The summed E-state index contributed by atoms with van der Waals surface area (Å²) in [5.41, 5.74) is 1.95. The summed E-state index contributed by atoms with van der Waals surface area (Å²) in [6.45, 7) is 4.29. The fraction of sp³-hybridized carbons (Fsp3) is 0.318. The molecule has 1 fully saturated rings. The second kappa shape index (κ2) is 8.55. The zero-order valence-corrected chi connectivity index (χ0v) is 16.2. The molecule has 0 N–H and O–H groups in total. The van der Waals surface area contributed by atoms with Crippen LogP contribution in [0, 0.1) is 0 Å². The van der Waals surface area contributed by atoms with E-state index in [1.165, 1.54) is 23.3 Å². The van der Waals surface area contributed by atoms with E-state index in [0.29, 0.717) is 13.1 Å². The number of nitrogens with zero attached hydrogens (tertiary/aromatic N) is 2. The van der Waals surface area contributed by atoms with Gasteiger partial charge < -0.3 is 9.32 Å². The Bertz CT molecular complexity index is 816. The van der Waals surface area contributed by atoms with Gasteiger partial charge in [0.1, 0.15) is 5.76 Å². The molecule has 1 aliphatic rings. The summed E-state index contributed by atoms with van der Waals surface area (Å²) in [6.07, 6.45) is 4.20. The van der Waals surface area contributed by atoms with Crippen molar-refractivity contribution >= 4 is 17.2 Å². The van der Waals surface area contributed by atoms with Crippen molar-refractivity contribution in [1.82, 2.24) is 9.80 Å². The van der Waals surface area contributed by atoms with Crippen LogP contribution in [-0.4, -0.2) is 28.8 Å². The van der Waals surface area contributed by atoms with Crippen molar-refractivity contribution in [2.45, 2.75) is 32.5 Å². The second-order valence-corrected chi connectivity index (χ2v) is 8.04. The number of rotatable bonds is 7. The third-order valence-corrected chi connectivity index (χ3v) is 5.78. The topological polar surface area (TPSA) is 36.7 Å². The Morgan fingerprint density at radius 1 is 1.07 bits per heavy atom. The quantitative estimate of drug-likeness (QED) is 0.592. The van der Waals surface area contributed by atoms with Gasteiger partial charge in [0, 0.05) is 17.0 Å². The molecule has 0 bridgehead atoms. The number of benzene rings is 1. The molecular formula is C22H24N2O2S. The standard InChI is InChI=1S/C22H24N2O2S/c25-22(19-7-3-6-18(14-19)15-23-10-1-2-11-23)24(16-20-8-4-12-26-20)17-21-9-5-13-27-21/h3-9,12-14H,1-2,10-11,15-17H2. The number of likely N-dealkylation sites (tertiary alicyclic amines) is 1. The zero-order valence-electron chi connectivity index (χ0n) is 15.3. The highest BCUT2D eigenvalue weighted by Crippen LogP contribution is 2.19. The molecule has 0 aliphatic carbocycles. The molecule has 1 aliphatic heterocycles. The molecule has 0 atom stereocenters. The molecular weight excluding hydrogens is 356 g/mol. The van der Waals surface area contributed by atoms with Gasteiger partial charge in [-0.15, -0.1) is 11.3 Å². The van der Waals surface area contributed by atoms with E-state index in [4.69, 9.17) is 4.42 Å². The van der Waals surface area contributed by atoms with Crippen LogP contribution in [0.1, 0.15) is 39.4 Å². The maximum absolute atomic E-state index is 13.3. The summed E-state index contributed by atoms with van der Waals surface area (Å²) in [4.78, 5) is 18.7. The monoisotopic (exact) mass is 380 g/mol. The van der Waals surface area contributed by atoms with Gasteiger partial charge in [0.25, 0.3) is 5.91 Å². The highest BCUT2D eigenvalue weighted by molar-refractivity contribution is 7.09. The summed E-state index contributed by atoms with van der Waals surface area (Å²) < 4.78 is 5.48. The lowest BCUT2D eigenvalue weighted by atomic mass is 10.1. The molecule has 0 radical (unpaired) electrons. The molecule has 4 rings (SSSR count).